The quantitative estimate of drug-likeness (QED) is 0.859. The number of hydrogen-bond acceptors (Lipinski definition) is 2. The Balaban J connectivity index is 2.36. The molecule has 1 aromatic rings. The van der Waals surface area contributed by atoms with E-state index in [1.54, 1.807) is 19.2 Å². The van der Waals surface area contributed by atoms with Crippen molar-refractivity contribution in [2.24, 2.45) is 0 Å². The van der Waals surface area contributed by atoms with E-state index in [4.69, 9.17) is 16.7 Å². The van der Waals surface area contributed by atoms with Crippen molar-refractivity contribution < 1.29 is 14.7 Å². The summed E-state index contributed by atoms with van der Waals surface area (Å²) in [5.41, 5.74) is 0.930. The van der Waals surface area contributed by atoms with Crippen LogP contribution in [0.1, 0.15) is 12.0 Å². The Hall–Kier alpha value is -1.75. The van der Waals surface area contributed by atoms with Gasteiger partial charge in [0.25, 0.3) is 0 Å². The van der Waals surface area contributed by atoms with E-state index in [1.807, 2.05) is 12.1 Å². The van der Waals surface area contributed by atoms with Crippen molar-refractivity contribution in [1.29, 1.82) is 0 Å². The number of urea groups is 1. The van der Waals surface area contributed by atoms with Gasteiger partial charge in [0, 0.05) is 25.2 Å². The number of carboxylic acids is 1. The second-order valence-electron chi connectivity index (χ2n) is 3.85. The average molecular weight is 271 g/mol. The van der Waals surface area contributed by atoms with Gasteiger partial charge in [0.2, 0.25) is 0 Å². The number of nitrogens with zero attached hydrogens (tertiary/aromatic N) is 1. The third-order valence-electron chi connectivity index (χ3n) is 2.36. The molecule has 1 rings (SSSR count). The van der Waals surface area contributed by atoms with Crippen molar-refractivity contribution in [1.82, 2.24) is 10.2 Å². The molecule has 0 bridgehead atoms. The molecule has 0 aliphatic rings. The van der Waals surface area contributed by atoms with Crippen LogP contribution in [0.3, 0.4) is 0 Å². The molecule has 0 spiro atoms. The highest BCUT2D eigenvalue weighted by molar-refractivity contribution is 6.30. The number of aliphatic carboxylic acids is 1. The van der Waals surface area contributed by atoms with E-state index in [0.717, 1.165) is 5.56 Å². The van der Waals surface area contributed by atoms with Crippen LogP contribution < -0.4 is 5.32 Å². The number of carbonyl (C=O) groups is 2. The lowest BCUT2D eigenvalue weighted by atomic mass is 10.2. The van der Waals surface area contributed by atoms with Crippen molar-refractivity contribution in [3.05, 3.63) is 34.9 Å². The second kappa shape index (κ2) is 6.86. The first kappa shape index (κ1) is 14.3. The molecule has 2 N–H and O–H groups in total. The molecule has 5 nitrogen and oxygen atoms in total. The zero-order valence-electron chi connectivity index (χ0n) is 10.0. The van der Waals surface area contributed by atoms with E-state index >= 15 is 0 Å². The molecular formula is C12H15ClN2O3. The number of halogens is 1. The SMILES string of the molecule is CN(CCC(=O)O)C(=O)NCc1ccc(Cl)cc1. The highest BCUT2D eigenvalue weighted by Gasteiger charge is 2.09. The lowest BCUT2D eigenvalue weighted by Crippen LogP contribution is -2.37. The highest BCUT2D eigenvalue weighted by Crippen LogP contribution is 2.09. The Kier molecular flexibility index (Phi) is 5.45. The van der Waals surface area contributed by atoms with Gasteiger partial charge in [0.15, 0.2) is 0 Å². The van der Waals surface area contributed by atoms with Gasteiger partial charge in [-0.1, -0.05) is 23.7 Å². The Bertz CT molecular complexity index is 420. The fourth-order valence-electron chi connectivity index (χ4n) is 1.28. The molecule has 0 heterocycles. The number of amides is 2. The predicted molar refractivity (Wildman–Crippen MR) is 68.6 cm³/mol. The summed E-state index contributed by atoms with van der Waals surface area (Å²) < 4.78 is 0. The maximum atomic E-state index is 11.6. The molecular weight excluding hydrogens is 256 g/mol. The molecule has 0 aliphatic heterocycles. The summed E-state index contributed by atoms with van der Waals surface area (Å²) in [7, 11) is 1.56. The molecule has 0 radical (unpaired) electrons. The van der Waals surface area contributed by atoms with Gasteiger partial charge in [-0.05, 0) is 17.7 Å². The van der Waals surface area contributed by atoms with Gasteiger partial charge in [-0.2, -0.15) is 0 Å². The first-order chi connectivity index (χ1) is 8.49. The summed E-state index contributed by atoms with van der Waals surface area (Å²) in [4.78, 5) is 23.3. The summed E-state index contributed by atoms with van der Waals surface area (Å²) in [6.07, 6.45) is -0.0646. The van der Waals surface area contributed by atoms with E-state index in [0.29, 0.717) is 11.6 Å². The Morgan fingerprint density at radius 2 is 1.94 bits per heavy atom. The molecule has 0 saturated heterocycles. The number of benzene rings is 1. The van der Waals surface area contributed by atoms with Gasteiger partial charge in [0.05, 0.1) is 6.42 Å². The zero-order chi connectivity index (χ0) is 13.5. The summed E-state index contributed by atoms with van der Waals surface area (Å²) in [6.45, 7) is 0.565. The van der Waals surface area contributed by atoms with Gasteiger partial charge in [-0.15, -0.1) is 0 Å². The van der Waals surface area contributed by atoms with Gasteiger partial charge >= 0.3 is 12.0 Å². The minimum absolute atomic E-state index is 0.0646. The lowest BCUT2D eigenvalue weighted by Gasteiger charge is -2.16. The van der Waals surface area contributed by atoms with Crippen LogP contribution in [0.15, 0.2) is 24.3 Å². The second-order valence-corrected chi connectivity index (χ2v) is 4.29. The number of rotatable bonds is 5. The van der Waals surface area contributed by atoms with E-state index in [9.17, 15) is 9.59 Å². The van der Waals surface area contributed by atoms with Crippen LogP contribution in [0, 0.1) is 0 Å². The van der Waals surface area contributed by atoms with Crippen LogP contribution in [0.2, 0.25) is 5.02 Å². The van der Waals surface area contributed by atoms with Gasteiger partial charge in [-0.25, -0.2) is 4.79 Å². The average Bonchev–Trinajstić information content (AvgIpc) is 2.34. The maximum Gasteiger partial charge on any atom is 0.317 e. The van der Waals surface area contributed by atoms with E-state index in [-0.39, 0.29) is 19.0 Å². The van der Waals surface area contributed by atoms with Gasteiger partial charge in [0.1, 0.15) is 0 Å². The lowest BCUT2D eigenvalue weighted by molar-refractivity contribution is -0.137. The standard InChI is InChI=1S/C12H15ClN2O3/c1-15(7-6-11(16)17)12(18)14-8-9-2-4-10(13)5-3-9/h2-5H,6-8H2,1H3,(H,14,18)(H,16,17). The molecule has 0 atom stereocenters. The third-order valence-corrected chi connectivity index (χ3v) is 2.62. The Morgan fingerprint density at radius 1 is 1.33 bits per heavy atom. The van der Waals surface area contributed by atoms with Crippen LogP contribution in [0.4, 0.5) is 4.79 Å². The van der Waals surface area contributed by atoms with Crippen LogP contribution in [0.25, 0.3) is 0 Å². The molecule has 0 aromatic heterocycles. The van der Waals surface area contributed by atoms with Crippen molar-refractivity contribution in [3.63, 3.8) is 0 Å². The number of nitrogens with one attached hydrogen (secondary N) is 1. The summed E-state index contributed by atoms with van der Waals surface area (Å²) in [5.74, 6) is -0.924. The van der Waals surface area contributed by atoms with E-state index in [2.05, 4.69) is 5.32 Å². The fourth-order valence-corrected chi connectivity index (χ4v) is 1.41. The third kappa shape index (κ3) is 5.05. The zero-order valence-corrected chi connectivity index (χ0v) is 10.8. The molecule has 0 saturated carbocycles. The minimum Gasteiger partial charge on any atom is -0.481 e. The smallest absolute Gasteiger partial charge is 0.317 e. The molecule has 6 heteroatoms. The van der Waals surface area contributed by atoms with Gasteiger partial charge < -0.3 is 15.3 Å². The largest absolute Gasteiger partial charge is 0.481 e. The molecule has 1 aromatic carbocycles. The monoisotopic (exact) mass is 270 g/mol. The topological polar surface area (TPSA) is 69.6 Å². The number of carboxylic acid groups (broad SMARTS) is 1. The minimum atomic E-state index is -0.924. The molecule has 2 amide bonds. The van der Waals surface area contributed by atoms with Crippen molar-refractivity contribution in [3.8, 4) is 0 Å². The summed E-state index contributed by atoms with van der Waals surface area (Å²) >= 11 is 5.74. The summed E-state index contributed by atoms with van der Waals surface area (Å²) in [6, 6.07) is 6.83. The molecule has 0 unspecified atom stereocenters. The van der Waals surface area contributed by atoms with Crippen molar-refractivity contribution in [2.45, 2.75) is 13.0 Å². The fraction of sp³-hybridized carbons (Fsp3) is 0.333. The predicted octanol–water partition coefficient (Wildman–Crippen LogP) is 1.96. The Morgan fingerprint density at radius 3 is 2.50 bits per heavy atom. The highest BCUT2D eigenvalue weighted by atomic mass is 35.5. The van der Waals surface area contributed by atoms with Gasteiger partial charge in [-0.3, -0.25) is 4.79 Å². The molecule has 0 aliphatic carbocycles. The number of carbonyl (C=O) groups excluding carboxylic acids is 1. The molecule has 98 valence electrons. The molecule has 0 fully saturated rings. The van der Waals surface area contributed by atoms with Crippen LogP contribution in [-0.4, -0.2) is 35.6 Å². The molecule has 18 heavy (non-hydrogen) atoms. The van der Waals surface area contributed by atoms with Crippen molar-refractivity contribution in [2.75, 3.05) is 13.6 Å². The van der Waals surface area contributed by atoms with Crippen LogP contribution >= 0.6 is 11.6 Å². The Labute approximate surface area is 110 Å². The summed E-state index contributed by atoms with van der Waals surface area (Å²) in [5, 5.41) is 11.8. The maximum absolute atomic E-state index is 11.6. The van der Waals surface area contributed by atoms with E-state index < -0.39 is 5.97 Å². The normalized spacial score (nSPS) is 9.89. The van der Waals surface area contributed by atoms with Crippen LogP contribution in [-0.2, 0) is 11.3 Å². The van der Waals surface area contributed by atoms with Crippen LogP contribution in [0.5, 0.6) is 0 Å². The van der Waals surface area contributed by atoms with Crippen molar-refractivity contribution >= 4 is 23.6 Å². The first-order valence-electron chi connectivity index (χ1n) is 5.44. The first-order valence-corrected chi connectivity index (χ1v) is 5.82. The number of hydrogen-bond donors (Lipinski definition) is 2. The van der Waals surface area contributed by atoms with E-state index in [1.165, 1.54) is 4.90 Å².